The van der Waals surface area contributed by atoms with Gasteiger partial charge in [-0.2, -0.15) is 0 Å². The highest BCUT2D eigenvalue weighted by Crippen LogP contribution is 2.22. The molecule has 2 N–H and O–H groups in total. The number of methoxy groups -OCH3 is 1. The van der Waals surface area contributed by atoms with Crippen molar-refractivity contribution >= 4 is 5.82 Å². The number of aromatic nitrogens is 1. The van der Waals surface area contributed by atoms with Gasteiger partial charge in [-0.3, -0.25) is 0 Å². The summed E-state index contributed by atoms with van der Waals surface area (Å²) < 4.78 is 5.21. The first kappa shape index (κ1) is 13.9. The molecule has 1 heterocycles. The minimum Gasteiger partial charge on any atom is -0.383 e. The van der Waals surface area contributed by atoms with Crippen molar-refractivity contribution in [2.75, 3.05) is 25.2 Å². The Morgan fingerprint density at radius 3 is 2.76 bits per heavy atom. The van der Waals surface area contributed by atoms with Crippen LogP contribution in [0.1, 0.15) is 25.0 Å². The van der Waals surface area contributed by atoms with Gasteiger partial charge in [0.25, 0.3) is 0 Å². The quantitative estimate of drug-likeness (QED) is 0.818. The molecule has 0 aliphatic heterocycles. The summed E-state index contributed by atoms with van der Waals surface area (Å²) in [7, 11) is 1.72. The van der Waals surface area contributed by atoms with Crippen LogP contribution in [0.15, 0.2) is 12.3 Å². The van der Waals surface area contributed by atoms with E-state index in [1.807, 2.05) is 12.3 Å². The molecule has 1 unspecified atom stereocenters. The largest absolute Gasteiger partial charge is 0.383 e. The normalized spacial score (nSPS) is 12.5. The van der Waals surface area contributed by atoms with Crippen molar-refractivity contribution in [2.45, 2.75) is 33.4 Å². The first-order valence-electron chi connectivity index (χ1n) is 6.05. The Labute approximate surface area is 104 Å². The zero-order valence-corrected chi connectivity index (χ0v) is 11.2. The van der Waals surface area contributed by atoms with Crippen molar-refractivity contribution < 1.29 is 4.74 Å². The lowest BCUT2D eigenvalue weighted by molar-refractivity contribution is 0.181. The molecule has 0 fully saturated rings. The summed E-state index contributed by atoms with van der Waals surface area (Å²) in [5.74, 6) is 0.986. The Morgan fingerprint density at radius 1 is 1.53 bits per heavy atom. The molecule has 96 valence electrons. The first-order chi connectivity index (χ1) is 8.15. The summed E-state index contributed by atoms with van der Waals surface area (Å²) in [6, 6.07) is 2.30. The van der Waals surface area contributed by atoms with Crippen LogP contribution in [0.25, 0.3) is 0 Å². The van der Waals surface area contributed by atoms with Gasteiger partial charge in [0, 0.05) is 32.0 Å². The van der Waals surface area contributed by atoms with Gasteiger partial charge in [0.2, 0.25) is 0 Å². The summed E-state index contributed by atoms with van der Waals surface area (Å²) in [6.45, 7) is 8.43. The summed E-state index contributed by atoms with van der Waals surface area (Å²) in [5.41, 5.74) is 8.14. The van der Waals surface area contributed by atoms with Crippen LogP contribution in [0.4, 0.5) is 5.82 Å². The fourth-order valence-corrected chi connectivity index (χ4v) is 2.08. The maximum Gasteiger partial charge on any atom is 0.133 e. The highest BCUT2D eigenvalue weighted by atomic mass is 16.5. The van der Waals surface area contributed by atoms with Crippen LogP contribution in [0, 0.1) is 6.92 Å². The smallest absolute Gasteiger partial charge is 0.133 e. The summed E-state index contributed by atoms with van der Waals surface area (Å²) >= 11 is 0. The molecule has 0 aromatic carbocycles. The van der Waals surface area contributed by atoms with Gasteiger partial charge >= 0.3 is 0 Å². The second-order valence-corrected chi connectivity index (χ2v) is 4.22. The minimum atomic E-state index is 0.296. The van der Waals surface area contributed by atoms with E-state index < -0.39 is 0 Å². The van der Waals surface area contributed by atoms with Gasteiger partial charge in [-0.15, -0.1) is 0 Å². The fourth-order valence-electron chi connectivity index (χ4n) is 2.08. The highest BCUT2D eigenvalue weighted by molar-refractivity contribution is 5.51. The zero-order chi connectivity index (χ0) is 12.8. The molecule has 1 atom stereocenters. The number of nitrogens with zero attached hydrogens (tertiary/aromatic N) is 2. The lowest BCUT2D eigenvalue weighted by atomic mass is 10.1. The van der Waals surface area contributed by atoms with Crippen molar-refractivity contribution in [3.63, 3.8) is 0 Å². The third-order valence-corrected chi connectivity index (χ3v) is 3.02. The third-order valence-electron chi connectivity index (χ3n) is 3.02. The molecule has 1 aromatic heterocycles. The van der Waals surface area contributed by atoms with Crippen LogP contribution < -0.4 is 10.6 Å². The average molecular weight is 237 g/mol. The van der Waals surface area contributed by atoms with Gasteiger partial charge in [-0.25, -0.2) is 4.98 Å². The number of nitrogens with two attached hydrogens (primary N) is 1. The van der Waals surface area contributed by atoms with E-state index in [4.69, 9.17) is 10.5 Å². The molecule has 17 heavy (non-hydrogen) atoms. The molecule has 0 amide bonds. The topological polar surface area (TPSA) is 51.4 Å². The van der Waals surface area contributed by atoms with Crippen LogP contribution in [0.5, 0.6) is 0 Å². The van der Waals surface area contributed by atoms with Crippen molar-refractivity contribution in [3.8, 4) is 0 Å². The number of aryl methyl sites for hydroxylation is 1. The number of hydrogen-bond donors (Lipinski definition) is 1. The van der Waals surface area contributed by atoms with E-state index in [-0.39, 0.29) is 0 Å². The van der Waals surface area contributed by atoms with Gasteiger partial charge in [-0.1, -0.05) is 0 Å². The average Bonchev–Trinajstić information content (AvgIpc) is 2.30. The summed E-state index contributed by atoms with van der Waals surface area (Å²) in [4.78, 5) is 6.71. The molecule has 0 saturated heterocycles. The Balaban J connectivity index is 3.06. The molecule has 0 spiro atoms. The molecule has 0 radical (unpaired) electrons. The molecular weight excluding hydrogens is 214 g/mol. The van der Waals surface area contributed by atoms with Crippen LogP contribution in [-0.2, 0) is 11.3 Å². The number of hydrogen-bond acceptors (Lipinski definition) is 4. The second-order valence-electron chi connectivity index (χ2n) is 4.22. The van der Waals surface area contributed by atoms with Crippen molar-refractivity contribution in [1.82, 2.24) is 4.98 Å². The molecule has 1 aromatic rings. The van der Waals surface area contributed by atoms with Crippen LogP contribution >= 0.6 is 0 Å². The van der Waals surface area contributed by atoms with E-state index >= 15 is 0 Å². The van der Waals surface area contributed by atoms with E-state index in [2.05, 4.69) is 30.7 Å². The molecule has 4 heteroatoms. The van der Waals surface area contributed by atoms with E-state index in [1.165, 1.54) is 5.56 Å². The Hall–Kier alpha value is -1.13. The van der Waals surface area contributed by atoms with Crippen molar-refractivity contribution in [3.05, 3.63) is 23.4 Å². The number of anilines is 1. The Morgan fingerprint density at radius 2 is 2.24 bits per heavy atom. The highest BCUT2D eigenvalue weighted by Gasteiger charge is 2.17. The molecule has 0 bridgehead atoms. The second kappa shape index (κ2) is 6.57. The van der Waals surface area contributed by atoms with E-state index in [9.17, 15) is 0 Å². The number of likely N-dealkylation sites (N-methyl/N-ethyl adjacent to an activating group) is 1. The van der Waals surface area contributed by atoms with Crippen molar-refractivity contribution in [1.29, 1.82) is 0 Å². The van der Waals surface area contributed by atoms with E-state index in [0.717, 1.165) is 17.9 Å². The maximum atomic E-state index is 5.82. The monoisotopic (exact) mass is 237 g/mol. The van der Waals surface area contributed by atoms with Gasteiger partial charge in [0.15, 0.2) is 0 Å². The SMILES string of the molecule is CCN(c1nccc(C)c1CN)C(C)COC. The number of ether oxygens (including phenoxy) is 1. The van der Waals surface area contributed by atoms with Crippen LogP contribution in [0.3, 0.4) is 0 Å². The van der Waals surface area contributed by atoms with Gasteiger partial charge in [0.1, 0.15) is 5.82 Å². The van der Waals surface area contributed by atoms with Gasteiger partial charge < -0.3 is 15.4 Å². The summed E-state index contributed by atoms with van der Waals surface area (Å²) in [5, 5.41) is 0. The fraction of sp³-hybridized carbons (Fsp3) is 0.615. The number of rotatable bonds is 6. The Bertz CT molecular complexity index is 355. The third kappa shape index (κ3) is 3.17. The lowest BCUT2D eigenvalue weighted by Gasteiger charge is -2.30. The van der Waals surface area contributed by atoms with Gasteiger partial charge in [-0.05, 0) is 32.4 Å². The van der Waals surface area contributed by atoms with E-state index in [0.29, 0.717) is 19.2 Å². The minimum absolute atomic E-state index is 0.296. The van der Waals surface area contributed by atoms with E-state index in [1.54, 1.807) is 7.11 Å². The molecule has 1 rings (SSSR count). The van der Waals surface area contributed by atoms with Crippen LogP contribution in [0.2, 0.25) is 0 Å². The Kier molecular flexibility index (Phi) is 5.38. The predicted octanol–water partition coefficient (Wildman–Crippen LogP) is 1.71. The molecule has 0 aliphatic rings. The lowest BCUT2D eigenvalue weighted by Crippen LogP contribution is -2.37. The maximum absolute atomic E-state index is 5.82. The van der Waals surface area contributed by atoms with Gasteiger partial charge in [0.05, 0.1) is 12.6 Å². The van der Waals surface area contributed by atoms with Crippen molar-refractivity contribution in [2.24, 2.45) is 5.73 Å². The van der Waals surface area contributed by atoms with Crippen LogP contribution in [-0.4, -0.2) is 31.3 Å². The standard InChI is InChI=1S/C13H23N3O/c1-5-16(11(3)9-17-4)13-12(8-14)10(2)6-7-15-13/h6-7,11H,5,8-9,14H2,1-4H3. The molecular formula is C13H23N3O. The molecule has 0 aliphatic carbocycles. The zero-order valence-electron chi connectivity index (χ0n) is 11.2. The predicted molar refractivity (Wildman–Crippen MR) is 71.2 cm³/mol. The molecule has 4 nitrogen and oxygen atoms in total. The molecule has 0 saturated carbocycles. The first-order valence-corrected chi connectivity index (χ1v) is 6.05. The number of pyridine rings is 1. The summed E-state index contributed by atoms with van der Waals surface area (Å²) in [6.07, 6.45) is 1.84.